The molecule has 2 N–H and O–H groups in total. The van der Waals surface area contributed by atoms with Gasteiger partial charge in [0.05, 0.1) is 12.7 Å². The van der Waals surface area contributed by atoms with Gasteiger partial charge in [-0.1, -0.05) is 18.2 Å². The molecule has 5 nitrogen and oxygen atoms in total. The molecule has 0 amide bonds. The van der Waals surface area contributed by atoms with E-state index in [2.05, 4.69) is 50.9 Å². The highest BCUT2D eigenvalue weighted by Crippen LogP contribution is 2.51. The Bertz CT molecular complexity index is 626. The van der Waals surface area contributed by atoms with E-state index in [1.807, 2.05) is 18.8 Å². The number of fused-ring (bicyclic) bond motifs is 1. The molecule has 1 aliphatic carbocycles. The Kier molecular flexibility index (Phi) is 7.70. The van der Waals surface area contributed by atoms with E-state index in [9.17, 15) is 0 Å². The van der Waals surface area contributed by atoms with Crippen LogP contribution >= 0.6 is 35.7 Å². The Labute approximate surface area is 184 Å². The number of benzene rings is 1. The van der Waals surface area contributed by atoms with E-state index >= 15 is 0 Å². The van der Waals surface area contributed by atoms with Crippen molar-refractivity contribution in [3.8, 4) is 0 Å². The van der Waals surface area contributed by atoms with Crippen molar-refractivity contribution >= 4 is 41.7 Å². The summed E-state index contributed by atoms with van der Waals surface area (Å²) in [6.45, 7) is 4.93. The molecule has 3 fully saturated rings. The van der Waals surface area contributed by atoms with Gasteiger partial charge in [-0.25, -0.2) is 0 Å². The Morgan fingerprint density at radius 1 is 1.30 bits per heavy atom. The van der Waals surface area contributed by atoms with Crippen molar-refractivity contribution in [2.75, 3.05) is 39.8 Å². The standard InChI is InChI=1S/C20H30N4OS.HI/c1-21-19(22-12-17-13-24-11-5-6-16(24)14-25-17)23-15-20(9-10-20)26-18-7-3-2-4-8-18;/h2-4,7-8,16-17H,5-6,9-15H2,1H3,(H2,21,22,23);1H. The second-order valence-corrected chi connectivity index (χ2v) is 9.19. The number of aliphatic imine (C=N–C) groups is 1. The zero-order valence-electron chi connectivity index (χ0n) is 16.0. The number of guanidine groups is 1. The molecule has 27 heavy (non-hydrogen) atoms. The van der Waals surface area contributed by atoms with Gasteiger partial charge in [0.1, 0.15) is 0 Å². The average Bonchev–Trinajstić information content (AvgIpc) is 3.27. The van der Waals surface area contributed by atoms with Crippen LogP contribution in [0.2, 0.25) is 0 Å². The van der Waals surface area contributed by atoms with Crippen LogP contribution in [0.1, 0.15) is 25.7 Å². The predicted octanol–water partition coefficient (Wildman–Crippen LogP) is 2.96. The molecule has 7 heteroatoms. The fourth-order valence-corrected chi connectivity index (χ4v) is 5.12. The molecule has 2 saturated heterocycles. The molecule has 2 unspecified atom stereocenters. The van der Waals surface area contributed by atoms with Gasteiger partial charge in [0.25, 0.3) is 0 Å². The fourth-order valence-electron chi connectivity index (χ4n) is 3.88. The molecule has 3 aliphatic rings. The monoisotopic (exact) mass is 502 g/mol. The lowest BCUT2D eigenvalue weighted by Gasteiger charge is -2.35. The maximum atomic E-state index is 6.03. The predicted molar refractivity (Wildman–Crippen MR) is 123 cm³/mol. The van der Waals surface area contributed by atoms with Gasteiger partial charge >= 0.3 is 0 Å². The number of rotatable bonds is 6. The number of ether oxygens (including phenoxy) is 1. The number of thioether (sulfide) groups is 1. The molecular formula is C20H31IN4OS. The molecule has 150 valence electrons. The zero-order valence-corrected chi connectivity index (χ0v) is 19.2. The molecule has 0 bridgehead atoms. The number of halogens is 1. The molecule has 4 rings (SSSR count). The highest BCUT2D eigenvalue weighted by Gasteiger charge is 2.43. The van der Waals surface area contributed by atoms with Crippen molar-refractivity contribution in [3.63, 3.8) is 0 Å². The van der Waals surface area contributed by atoms with Crippen molar-refractivity contribution in [3.05, 3.63) is 30.3 Å². The second-order valence-electron chi connectivity index (χ2n) is 7.65. The summed E-state index contributed by atoms with van der Waals surface area (Å²) in [5.74, 6) is 0.886. The minimum atomic E-state index is 0. The van der Waals surface area contributed by atoms with E-state index in [4.69, 9.17) is 4.74 Å². The van der Waals surface area contributed by atoms with Gasteiger partial charge in [0.15, 0.2) is 5.96 Å². The molecule has 1 aromatic carbocycles. The molecular weight excluding hydrogens is 471 g/mol. The molecule has 2 atom stereocenters. The molecule has 2 heterocycles. The van der Waals surface area contributed by atoms with Crippen LogP contribution in [-0.2, 0) is 4.74 Å². The average molecular weight is 502 g/mol. The van der Waals surface area contributed by atoms with Crippen molar-refractivity contribution < 1.29 is 4.74 Å². The third-order valence-corrected chi connectivity index (χ3v) is 7.14. The topological polar surface area (TPSA) is 48.9 Å². The van der Waals surface area contributed by atoms with Gasteiger partial charge in [-0.05, 0) is 44.4 Å². The van der Waals surface area contributed by atoms with Crippen molar-refractivity contribution in [2.45, 2.75) is 47.5 Å². The summed E-state index contributed by atoms with van der Waals surface area (Å²) >= 11 is 1.99. The van der Waals surface area contributed by atoms with Gasteiger partial charge in [0, 0.05) is 42.4 Å². The van der Waals surface area contributed by atoms with Crippen molar-refractivity contribution in [1.82, 2.24) is 15.5 Å². The lowest BCUT2D eigenvalue weighted by atomic mass is 10.2. The van der Waals surface area contributed by atoms with E-state index in [0.717, 1.165) is 32.2 Å². The second kappa shape index (κ2) is 9.80. The van der Waals surface area contributed by atoms with Gasteiger partial charge in [-0.2, -0.15) is 0 Å². The fraction of sp³-hybridized carbons (Fsp3) is 0.650. The van der Waals surface area contributed by atoms with Crippen LogP contribution in [0.25, 0.3) is 0 Å². The van der Waals surface area contributed by atoms with Crippen LogP contribution in [0.15, 0.2) is 40.2 Å². The van der Waals surface area contributed by atoms with Crippen LogP contribution in [0.4, 0.5) is 0 Å². The summed E-state index contributed by atoms with van der Waals surface area (Å²) < 4.78 is 6.35. The minimum Gasteiger partial charge on any atom is -0.373 e. The van der Waals surface area contributed by atoms with Crippen LogP contribution in [0.3, 0.4) is 0 Å². The Morgan fingerprint density at radius 2 is 2.11 bits per heavy atom. The summed E-state index contributed by atoms with van der Waals surface area (Å²) in [7, 11) is 1.84. The highest BCUT2D eigenvalue weighted by molar-refractivity contribution is 14.0. The highest BCUT2D eigenvalue weighted by atomic mass is 127. The van der Waals surface area contributed by atoms with Crippen molar-refractivity contribution in [2.24, 2.45) is 4.99 Å². The number of morpholine rings is 1. The lowest BCUT2D eigenvalue weighted by Crippen LogP contribution is -2.51. The first-order chi connectivity index (χ1) is 12.8. The molecule has 0 radical (unpaired) electrons. The molecule has 1 aromatic rings. The summed E-state index contributed by atoms with van der Waals surface area (Å²) in [4.78, 5) is 8.33. The van der Waals surface area contributed by atoms with Crippen LogP contribution in [-0.4, -0.2) is 67.6 Å². The molecule has 2 aliphatic heterocycles. The number of nitrogens with zero attached hydrogens (tertiary/aromatic N) is 2. The minimum absolute atomic E-state index is 0. The van der Waals surface area contributed by atoms with Crippen LogP contribution in [0, 0.1) is 0 Å². The summed E-state index contributed by atoms with van der Waals surface area (Å²) in [6, 6.07) is 11.4. The molecule has 0 aromatic heterocycles. The van der Waals surface area contributed by atoms with E-state index in [1.165, 1.54) is 37.1 Å². The van der Waals surface area contributed by atoms with E-state index in [0.29, 0.717) is 10.8 Å². The normalized spacial score (nSPS) is 26.8. The lowest BCUT2D eigenvalue weighted by molar-refractivity contribution is -0.0453. The number of nitrogens with one attached hydrogen (secondary N) is 2. The summed E-state index contributed by atoms with van der Waals surface area (Å²) in [6.07, 6.45) is 5.40. The van der Waals surface area contributed by atoms with E-state index < -0.39 is 0 Å². The number of hydrogen-bond donors (Lipinski definition) is 2. The smallest absolute Gasteiger partial charge is 0.191 e. The largest absolute Gasteiger partial charge is 0.373 e. The summed E-state index contributed by atoms with van der Waals surface area (Å²) in [5.41, 5.74) is 0. The maximum Gasteiger partial charge on any atom is 0.191 e. The first-order valence-electron chi connectivity index (χ1n) is 9.81. The SMILES string of the molecule is CN=C(NCC1CN2CCCC2CO1)NCC1(Sc2ccccc2)CC1.I. The third-order valence-electron chi connectivity index (χ3n) is 5.65. The van der Waals surface area contributed by atoms with E-state index in [1.54, 1.807) is 0 Å². The number of hydrogen-bond acceptors (Lipinski definition) is 4. The third kappa shape index (κ3) is 5.74. The quantitative estimate of drug-likeness (QED) is 0.356. The van der Waals surface area contributed by atoms with Gasteiger partial charge < -0.3 is 15.4 Å². The van der Waals surface area contributed by atoms with Gasteiger partial charge in [-0.15, -0.1) is 35.7 Å². The zero-order chi connectivity index (χ0) is 17.8. The Hall–Kier alpha value is -0.510. The summed E-state index contributed by atoms with van der Waals surface area (Å²) in [5, 5.41) is 6.99. The van der Waals surface area contributed by atoms with Crippen molar-refractivity contribution in [1.29, 1.82) is 0 Å². The maximum absolute atomic E-state index is 6.03. The molecule has 1 saturated carbocycles. The van der Waals surface area contributed by atoms with Gasteiger partial charge in [-0.3, -0.25) is 9.89 Å². The molecule has 0 spiro atoms. The van der Waals surface area contributed by atoms with E-state index in [-0.39, 0.29) is 30.1 Å². The Balaban J connectivity index is 0.00000210. The first-order valence-corrected chi connectivity index (χ1v) is 10.6. The van der Waals surface area contributed by atoms with Gasteiger partial charge in [0.2, 0.25) is 0 Å². The first kappa shape index (κ1) is 21.2. The Morgan fingerprint density at radius 3 is 2.85 bits per heavy atom. The van der Waals surface area contributed by atoms with Crippen LogP contribution in [0.5, 0.6) is 0 Å². The van der Waals surface area contributed by atoms with Crippen LogP contribution < -0.4 is 10.6 Å².